The van der Waals surface area contributed by atoms with Crippen molar-refractivity contribution in [3.8, 4) is 0 Å². The fourth-order valence-electron chi connectivity index (χ4n) is 1.33. The molecule has 1 aromatic heterocycles. The Bertz CT molecular complexity index is 299. The first-order chi connectivity index (χ1) is 7.11. The van der Waals surface area contributed by atoms with Crippen LogP contribution in [0.5, 0.6) is 0 Å². The van der Waals surface area contributed by atoms with Crippen molar-refractivity contribution in [1.29, 1.82) is 0 Å². The first-order valence-corrected chi connectivity index (χ1v) is 5.38. The van der Waals surface area contributed by atoms with Crippen molar-refractivity contribution in [2.75, 3.05) is 11.9 Å². The highest BCUT2D eigenvalue weighted by atomic mass is 35.5. The molecule has 1 heterocycles. The van der Waals surface area contributed by atoms with E-state index in [2.05, 4.69) is 15.3 Å². The number of hydrogen-bond acceptors (Lipinski definition) is 4. The molecule has 1 aromatic rings. The van der Waals surface area contributed by atoms with E-state index in [4.69, 9.17) is 16.7 Å². The van der Waals surface area contributed by atoms with Gasteiger partial charge in [-0.1, -0.05) is 11.6 Å². The lowest BCUT2D eigenvalue weighted by molar-refractivity contribution is 0.282. The summed E-state index contributed by atoms with van der Waals surface area (Å²) in [6.07, 6.45) is 1.68. The lowest BCUT2D eigenvalue weighted by atomic mass is 10.2. The van der Waals surface area contributed by atoms with Gasteiger partial charge >= 0.3 is 0 Å². The van der Waals surface area contributed by atoms with Gasteiger partial charge in [-0.25, -0.2) is 9.97 Å². The van der Waals surface area contributed by atoms with E-state index < -0.39 is 0 Å². The standard InChI is InChI=1S/C10H16ClN3O/c1-7(4-3-5-15)12-10-6-9(11)13-8(2)14-10/h6-7,15H,3-5H2,1-2H3,(H,12,13,14). The summed E-state index contributed by atoms with van der Waals surface area (Å²) in [5.74, 6) is 1.39. The smallest absolute Gasteiger partial charge is 0.134 e. The van der Waals surface area contributed by atoms with E-state index >= 15 is 0 Å². The number of anilines is 1. The molecule has 0 amide bonds. The largest absolute Gasteiger partial charge is 0.396 e. The van der Waals surface area contributed by atoms with E-state index in [9.17, 15) is 0 Å². The fourth-order valence-corrected chi connectivity index (χ4v) is 1.55. The second-order valence-corrected chi connectivity index (χ2v) is 3.92. The van der Waals surface area contributed by atoms with Crippen LogP contribution in [0.15, 0.2) is 6.07 Å². The van der Waals surface area contributed by atoms with Gasteiger partial charge in [0, 0.05) is 18.7 Å². The third-order valence-electron chi connectivity index (χ3n) is 2.00. The Morgan fingerprint density at radius 1 is 1.53 bits per heavy atom. The highest BCUT2D eigenvalue weighted by Gasteiger charge is 2.04. The Morgan fingerprint density at radius 3 is 2.87 bits per heavy atom. The summed E-state index contributed by atoms with van der Waals surface area (Å²) in [6.45, 7) is 4.06. The van der Waals surface area contributed by atoms with E-state index in [1.807, 2.05) is 6.92 Å². The van der Waals surface area contributed by atoms with Crippen LogP contribution in [-0.2, 0) is 0 Å². The SMILES string of the molecule is Cc1nc(Cl)cc(NC(C)CCCO)n1. The van der Waals surface area contributed by atoms with Crippen LogP contribution in [0.4, 0.5) is 5.82 Å². The molecule has 0 aliphatic carbocycles. The molecule has 0 aliphatic heterocycles. The molecular weight excluding hydrogens is 214 g/mol. The van der Waals surface area contributed by atoms with Crippen LogP contribution < -0.4 is 5.32 Å². The predicted octanol–water partition coefficient (Wildman–Crippen LogP) is 2.01. The van der Waals surface area contributed by atoms with Crippen LogP contribution >= 0.6 is 11.6 Å². The van der Waals surface area contributed by atoms with E-state index in [1.54, 1.807) is 13.0 Å². The maximum atomic E-state index is 8.69. The molecule has 0 saturated carbocycles. The molecule has 1 atom stereocenters. The van der Waals surface area contributed by atoms with Gasteiger partial charge in [-0.3, -0.25) is 0 Å². The Hall–Kier alpha value is -0.870. The molecular formula is C10H16ClN3O. The van der Waals surface area contributed by atoms with Gasteiger partial charge in [0.05, 0.1) is 0 Å². The summed E-state index contributed by atoms with van der Waals surface area (Å²) in [5, 5.41) is 12.4. The topological polar surface area (TPSA) is 58.0 Å². The fraction of sp³-hybridized carbons (Fsp3) is 0.600. The molecule has 15 heavy (non-hydrogen) atoms. The number of hydrogen-bond donors (Lipinski definition) is 2. The molecule has 0 bridgehead atoms. The van der Waals surface area contributed by atoms with E-state index in [1.165, 1.54) is 0 Å². The zero-order valence-electron chi connectivity index (χ0n) is 9.00. The Kier molecular flexibility index (Phi) is 4.78. The third kappa shape index (κ3) is 4.44. The third-order valence-corrected chi connectivity index (χ3v) is 2.19. The van der Waals surface area contributed by atoms with Crippen molar-refractivity contribution in [2.24, 2.45) is 0 Å². The lowest BCUT2D eigenvalue weighted by Crippen LogP contribution is -2.16. The van der Waals surface area contributed by atoms with Crippen molar-refractivity contribution < 1.29 is 5.11 Å². The number of aliphatic hydroxyl groups excluding tert-OH is 1. The quantitative estimate of drug-likeness (QED) is 0.759. The molecule has 0 spiro atoms. The number of rotatable bonds is 5. The Balaban J connectivity index is 2.56. The summed E-state index contributed by atoms with van der Waals surface area (Å²) < 4.78 is 0. The van der Waals surface area contributed by atoms with Crippen LogP contribution in [0.3, 0.4) is 0 Å². The van der Waals surface area contributed by atoms with Crippen molar-refractivity contribution in [3.63, 3.8) is 0 Å². The molecule has 0 aromatic carbocycles. The van der Waals surface area contributed by atoms with Crippen molar-refractivity contribution in [1.82, 2.24) is 9.97 Å². The average molecular weight is 230 g/mol. The van der Waals surface area contributed by atoms with Crippen LogP contribution in [0, 0.1) is 6.92 Å². The van der Waals surface area contributed by atoms with E-state index in [-0.39, 0.29) is 12.6 Å². The minimum atomic E-state index is 0.218. The van der Waals surface area contributed by atoms with Gasteiger partial charge in [0.1, 0.15) is 16.8 Å². The van der Waals surface area contributed by atoms with Gasteiger partial charge < -0.3 is 10.4 Å². The zero-order chi connectivity index (χ0) is 11.3. The molecule has 5 heteroatoms. The first kappa shape index (κ1) is 12.2. The maximum absolute atomic E-state index is 8.69. The second kappa shape index (κ2) is 5.88. The number of halogens is 1. The van der Waals surface area contributed by atoms with Crippen molar-refractivity contribution >= 4 is 17.4 Å². The second-order valence-electron chi connectivity index (χ2n) is 3.53. The summed E-state index contributed by atoms with van der Waals surface area (Å²) in [6, 6.07) is 1.96. The van der Waals surface area contributed by atoms with Crippen LogP contribution in [0.2, 0.25) is 5.15 Å². The van der Waals surface area contributed by atoms with Gasteiger partial charge in [-0.05, 0) is 26.7 Å². The maximum Gasteiger partial charge on any atom is 0.134 e. The van der Waals surface area contributed by atoms with E-state index in [0.717, 1.165) is 18.7 Å². The molecule has 1 unspecified atom stereocenters. The highest BCUT2D eigenvalue weighted by molar-refractivity contribution is 6.29. The molecule has 4 nitrogen and oxygen atoms in total. The summed E-state index contributed by atoms with van der Waals surface area (Å²) in [4.78, 5) is 8.19. The predicted molar refractivity (Wildman–Crippen MR) is 61.2 cm³/mol. The lowest BCUT2D eigenvalue weighted by Gasteiger charge is -2.13. The molecule has 84 valence electrons. The minimum absolute atomic E-state index is 0.218. The van der Waals surface area contributed by atoms with Crippen LogP contribution in [0.1, 0.15) is 25.6 Å². The normalized spacial score (nSPS) is 12.5. The Morgan fingerprint density at radius 2 is 2.27 bits per heavy atom. The Labute approximate surface area is 94.7 Å². The molecule has 0 radical (unpaired) electrons. The van der Waals surface area contributed by atoms with Gasteiger partial charge in [0.15, 0.2) is 0 Å². The number of aromatic nitrogens is 2. The summed E-state index contributed by atoms with van der Waals surface area (Å²) in [7, 11) is 0. The highest BCUT2D eigenvalue weighted by Crippen LogP contribution is 2.13. The number of aliphatic hydroxyl groups is 1. The summed E-state index contributed by atoms with van der Waals surface area (Å²) >= 11 is 5.81. The molecule has 2 N–H and O–H groups in total. The summed E-state index contributed by atoms with van der Waals surface area (Å²) in [5.41, 5.74) is 0. The number of nitrogens with zero attached hydrogens (tertiary/aromatic N) is 2. The van der Waals surface area contributed by atoms with Crippen LogP contribution in [0.25, 0.3) is 0 Å². The molecule has 1 rings (SSSR count). The van der Waals surface area contributed by atoms with Crippen LogP contribution in [-0.4, -0.2) is 27.7 Å². The molecule has 0 fully saturated rings. The average Bonchev–Trinajstić information content (AvgIpc) is 2.13. The minimum Gasteiger partial charge on any atom is -0.396 e. The van der Waals surface area contributed by atoms with Crippen molar-refractivity contribution in [2.45, 2.75) is 32.7 Å². The van der Waals surface area contributed by atoms with Gasteiger partial charge in [-0.2, -0.15) is 0 Å². The molecule has 0 saturated heterocycles. The van der Waals surface area contributed by atoms with Gasteiger partial charge in [-0.15, -0.1) is 0 Å². The van der Waals surface area contributed by atoms with Gasteiger partial charge in [0.2, 0.25) is 0 Å². The monoisotopic (exact) mass is 229 g/mol. The van der Waals surface area contributed by atoms with E-state index in [0.29, 0.717) is 11.0 Å². The van der Waals surface area contributed by atoms with Gasteiger partial charge in [0.25, 0.3) is 0 Å². The number of nitrogens with one attached hydrogen (secondary N) is 1. The number of aryl methyl sites for hydroxylation is 1. The first-order valence-electron chi connectivity index (χ1n) is 5.00. The zero-order valence-corrected chi connectivity index (χ0v) is 9.75. The van der Waals surface area contributed by atoms with Crippen molar-refractivity contribution in [3.05, 3.63) is 17.0 Å². The molecule has 0 aliphatic rings.